The monoisotopic (exact) mass is 202 g/mol. The predicted octanol–water partition coefficient (Wildman–Crippen LogP) is 0.781. The van der Waals surface area contributed by atoms with Crippen molar-refractivity contribution in [2.75, 3.05) is 27.2 Å². The second kappa shape index (κ2) is 7.76. The molecule has 2 N–H and O–H groups in total. The smallest absolute Gasteiger partial charge is 0.322 e. The van der Waals surface area contributed by atoms with Crippen molar-refractivity contribution in [3.05, 3.63) is 0 Å². The van der Waals surface area contributed by atoms with E-state index in [0.717, 1.165) is 13.0 Å². The molecule has 0 rings (SSSR count). The van der Waals surface area contributed by atoms with E-state index in [9.17, 15) is 4.79 Å². The zero-order valence-corrected chi connectivity index (χ0v) is 9.42. The highest BCUT2D eigenvalue weighted by Crippen LogP contribution is 1.97. The van der Waals surface area contributed by atoms with Crippen molar-refractivity contribution in [2.45, 2.75) is 32.2 Å². The van der Waals surface area contributed by atoms with Crippen LogP contribution < -0.4 is 5.32 Å². The van der Waals surface area contributed by atoms with Crippen LogP contribution in [0, 0.1) is 0 Å². The molecule has 1 unspecified atom stereocenters. The van der Waals surface area contributed by atoms with Crippen LogP contribution >= 0.6 is 0 Å². The summed E-state index contributed by atoms with van der Waals surface area (Å²) in [5.74, 6) is -0.783. The topological polar surface area (TPSA) is 52.6 Å². The van der Waals surface area contributed by atoms with Gasteiger partial charge in [-0.2, -0.15) is 0 Å². The van der Waals surface area contributed by atoms with Gasteiger partial charge in [-0.3, -0.25) is 4.79 Å². The number of carboxylic acids is 1. The van der Waals surface area contributed by atoms with Gasteiger partial charge in [0.15, 0.2) is 0 Å². The minimum absolute atomic E-state index is 0.457. The zero-order chi connectivity index (χ0) is 11.0. The van der Waals surface area contributed by atoms with Gasteiger partial charge in [0.05, 0.1) is 0 Å². The summed E-state index contributed by atoms with van der Waals surface area (Å²) in [7, 11) is 3.64. The Morgan fingerprint density at radius 1 is 1.50 bits per heavy atom. The molecule has 0 radical (unpaired) electrons. The fourth-order valence-electron chi connectivity index (χ4n) is 1.33. The SMILES string of the molecule is CCCCCN(C)CC(NC)C(=O)O. The van der Waals surface area contributed by atoms with Gasteiger partial charge in [0.2, 0.25) is 0 Å². The molecule has 0 amide bonds. The van der Waals surface area contributed by atoms with Crippen LogP contribution in [0.1, 0.15) is 26.2 Å². The number of carboxylic acid groups (broad SMARTS) is 1. The number of nitrogens with zero attached hydrogens (tertiary/aromatic N) is 1. The summed E-state index contributed by atoms with van der Waals surface area (Å²) in [4.78, 5) is 12.8. The van der Waals surface area contributed by atoms with Crippen molar-refractivity contribution in [2.24, 2.45) is 0 Å². The van der Waals surface area contributed by atoms with Gasteiger partial charge in [0.25, 0.3) is 0 Å². The Bertz CT molecular complexity index is 162. The number of rotatable bonds is 8. The molecule has 4 heteroatoms. The molecule has 0 spiro atoms. The Morgan fingerprint density at radius 2 is 2.14 bits per heavy atom. The highest BCUT2D eigenvalue weighted by atomic mass is 16.4. The summed E-state index contributed by atoms with van der Waals surface area (Å²) < 4.78 is 0. The first kappa shape index (κ1) is 13.4. The lowest BCUT2D eigenvalue weighted by Gasteiger charge is -2.20. The van der Waals surface area contributed by atoms with Gasteiger partial charge in [-0.05, 0) is 27.1 Å². The second-order valence-corrected chi connectivity index (χ2v) is 3.65. The lowest BCUT2D eigenvalue weighted by atomic mass is 10.2. The van der Waals surface area contributed by atoms with Crippen LogP contribution in [-0.4, -0.2) is 49.2 Å². The Kier molecular flexibility index (Phi) is 7.42. The molecule has 1 atom stereocenters. The number of unbranched alkanes of at least 4 members (excludes halogenated alkanes) is 2. The van der Waals surface area contributed by atoms with Crippen molar-refractivity contribution < 1.29 is 9.90 Å². The molecule has 0 saturated carbocycles. The maximum Gasteiger partial charge on any atom is 0.322 e. The molecule has 4 nitrogen and oxygen atoms in total. The van der Waals surface area contributed by atoms with Gasteiger partial charge in [-0.15, -0.1) is 0 Å². The fraction of sp³-hybridized carbons (Fsp3) is 0.900. The van der Waals surface area contributed by atoms with Crippen molar-refractivity contribution in [1.29, 1.82) is 0 Å². The van der Waals surface area contributed by atoms with Crippen LogP contribution in [0.25, 0.3) is 0 Å². The molecule has 0 aliphatic rings. The summed E-state index contributed by atoms with van der Waals surface area (Å²) in [6.07, 6.45) is 3.55. The van der Waals surface area contributed by atoms with Gasteiger partial charge >= 0.3 is 5.97 Å². The van der Waals surface area contributed by atoms with E-state index in [1.165, 1.54) is 12.8 Å². The number of nitrogens with one attached hydrogen (secondary N) is 1. The number of aliphatic carboxylic acids is 1. The molecule has 0 aromatic heterocycles. The molecular weight excluding hydrogens is 180 g/mol. The van der Waals surface area contributed by atoms with Crippen LogP contribution in [0.15, 0.2) is 0 Å². The van der Waals surface area contributed by atoms with Gasteiger partial charge < -0.3 is 15.3 Å². The van der Waals surface area contributed by atoms with Crippen molar-refractivity contribution in [3.63, 3.8) is 0 Å². The lowest BCUT2D eigenvalue weighted by molar-refractivity contribution is -0.139. The third kappa shape index (κ3) is 5.94. The van der Waals surface area contributed by atoms with Gasteiger partial charge in [0, 0.05) is 6.54 Å². The fourth-order valence-corrected chi connectivity index (χ4v) is 1.33. The first-order chi connectivity index (χ1) is 6.61. The maximum atomic E-state index is 10.7. The molecule has 84 valence electrons. The molecule has 0 aliphatic carbocycles. The maximum absolute atomic E-state index is 10.7. The summed E-state index contributed by atoms with van der Waals surface area (Å²) >= 11 is 0. The van der Waals surface area contributed by atoms with Crippen LogP contribution in [-0.2, 0) is 4.79 Å². The van der Waals surface area contributed by atoms with E-state index in [-0.39, 0.29) is 0 Å². The lowest BCUT2D eigenvalue weighted by Crippen LogP contribution is -2.43. The zero-order valence-electron chi connectivity index (χ0n) is 9.42. The Morgan fingerprint density at radius 3 is 2.57 bits per heavy atom. The molecule has 0 heterocycles. The first-order valence-electron chi connectivity index (χ1n) is 5.20. The number of hydrogen-bond donors (Lipinski definition) is 2. The molecule has 14 heavy (non-hydrogen) atoms. The first-order valence-corrected chi connectivity index (χ1v) is 5.20. The summed E-state index contributed by atoms with van der Waals surface area (Å²) in [6, 6.07) is -0.457. The average Bonchev–Trinajstić information content (AvgIpc) is 2.14. The van der Waals surface area contributed by atoms with Crippen molar-refractivity contribution in [3.8, 4) is 0 Å². The standard InChI is InChI=1S/C10H22N2O2/c1-4-5-6-7-12(3)8-9(11-2)10(13)14/h9,11H,4-8H2,1-3H3,(H,13,14). The molecule has 0 fully saturated rings. The van der Waals surface area contributed by atoms with E-state index in [1.54, 1.807) is 7.05 Å². The van der Waals surface area contributed by atoms with E-state index < -0.39 is 12.0 Å². The van der Waals surface area contributed by atoms with Crippen LogP contribution in [0.5, 0.6) is 0 Å². The van der Waals surface area contributed by atoms with Crippen molar-refractivity contribution >= 4 is 5.97 Å². The van der Waals surface area contributed by atoms with E-state index in [4.69, 9.17) is 5.11 Å². The van der Waals surface area contributed by atoms with Crippen LogP contribution in [0.4, 0.5) is 0 Å². The minimum atomic E-state index is -0.783. The summed E-state index contributed by atoms with van der Waals surface area (Å²) in [5.41, 5.74) is 0. The molecule has 0 aromatic rings. The van der Waals surface area contributed by atoms with Crippen LogP contribution in [0.3, 0.4) is 0 Å². The molecule has 0 saturated heterocycles. The molecular formula is C10H22N2O2. The van der Waals surface area contributed by atoms with E-state index in [1.807, 2.05) is 7.05 Å². The van der Waals surface area contributed by atoms with Gasteiger partial charge in [0.1, 0.15) is 6.04 Å². The summed E-state index contributed by atoms with van der Waals surface area (Å²) in [6.45, 7) is 3.70. The Hall–Kier alpha value is -0.610. The highest BCUT2D eigenvalue weighted by molar-refractivity contribution is 5.73. The Balaban J connectivity index is 3.67. The van der Waals surface area contributed by atoms with E-state index in [2.05, 4.69) is 17.1 Å². The highest BCUT2D eigenvalue weighted by Gasteiger charge is 2.16. The van der Waals surface area contributed by atoms with Gasteiger partial charge in [-0.25, -0.2) is 0 Å². The normalized spacial score (nSPS) is 13.1. The van der Waals surface area contributed by atoms with Crippen molar-refractivity contribution in [1.82, 2.24) is 10.2 Å². The third-order valence-corrected chi connectivity index (χ3v) is 2.28. The molecule has 0 aromatic carbocycles. The molecule has 0 bridgehead atoms. The average molecular weight is 202 g/mol. The second-order valence-electron chi connectivity index (χ2n) is 3.65. The largest absolute Gasteiger partial charge is 0.480 e. The quantitative estimate of drug-likeness (QED) is 0.571. The minimum Gasteiger partial charge on any atom is -0.480 e. The Labute approximate surface area is 86.3 Å². The van der Waals surface area contributed by atoms with E-state index >= 15 is 0 Å². The number of hydrogen-bond acceptors (Lipinski definition) is 3. The number of carbonyl (C=O) groups is 1. The number of likely N-dealkylation sites (N-methyl/N-ethyl adjacent to an activating group) is 2. The molecule has 0 aliphatic heterocycles. The summed E-state index contributed by atoms with van der Waals surface area (Å²) in [5, 5.41) is 11.6. The third-order valence-electron chi connectivity index (χ3n) is 2.28. The van der Waals surface area contributed by atoms with Crippen LogP contribution in [0.2, 0.25) is 0 Å². The van der Waals surface area contributed by atoms with Gasteiger partial charge in [-0.1, -0.05) is 19.8 Å². The van der Waals surface area contributed by atoms with E-state index in [0.29, 0.717) is 6.54 Å². The predicted molar refractivity (Wildman–Crippen MR) is 57.5 cm³/mol.